The molecule has 0 saturated carbocycles. The lowest BCUT2D eigenvalue weighted by atomic mass is 10.2. The summed E-state index contributed by atoms with van der Waals surface area (Å²) in [6.45, 7) is 1.75. The van der Waals surface area contributed by atoms with Gasteiger partial charge in [0.05, 0.1) is 22.5 Å². The summed E-state index contributed by atoms with van der Waals surface area (Å²) in [5, 5.41) is 12.1. The van der Waals surface area contributed by atoms with E-state index in [2.05, 4.69) is 25.5 Å². The molecule has 0 fully saturated rings. The smallest absolute Gasteiger partial charge is 0.263 e. The van der Waals surface area contributed by atoms with Gasteiger partial charge in [-0.1, -0.05) is 23.2 Å². The van der Waals surface area contributed by atoms with E-state index < -0.39 is 5.91 Å². The standard InChI is InChI=1S/C17H13Cl2N7O2/c1-8-5-13(21-15(27)10-4-3-9(18)6-12(10)19)26(24-8)17-22-14-11(16(28)23-17)7-20-25(14)2/h3-7H,1-2H3,(H,21,27)(H,22,23,28). The first-order valence-corrected chi connectivity index (χ1v) is 8.84. The largest absolute Gasteiger partial charge is 0.306 e. The van der Waals surface area contributed by atoms with Gasteiger partial charge in [0.15, 0.2) is 5.65 Å². The van der Waals surface area contributed by atoms with Gasteiger partial charge in [0.1, 0.15) is 11.2 Å². The molecule has 4 aromatic rings. The van der Waals surface area contributed by atoms with Crippen molar-refractivity contribution in [2.24, 2.45) is 7.05 Å². The molecule has 0 spiro atoms. The van der Waals surface area contributed by atoms with E-state index in [1.165, 1.54) is 27.7 Å². The van der Waals surface area contributed by atoms with Gasteiger partial charge < -0.3 is 5.32 Å². The molecule has 3 heterocycles. The highest BCUT2D eigenvalue weighted by Crippen LogP contribution is 2.23. The molecule has 2 N–H and O–H groups in total. The number of halogens is 2. The number of hydrogen-bond donors (Lipinski definition) is 2. The molecule has 1 amide bonds. The van der Waals surface area contributed by atoms with E-state index in [0.29, 0.717) is 27.6 Å². The Morgan fingerprint density at radius 1 is 1.25 bits per heavy atom. The van der Waals surface area contributed by atoms with Crippen molar-refractivity contribution in [1.29, 1.82) is 0 Å². The van der Waals surface area contributed by atoms with Gasteiger partial charge in [0, 0.05) is 18.1 Å². The number of aromatic nitrogens is 6. The Morgan fingerprint density at radius 3 is 2.79 bits per heavy atom. The minimum absolute atomic E-state index is 0.145. The van der Waals surface area contributed by atoms with E-state index in [9.17, 15) is 9.59 Å². The predicted molar refractivity (Wildman–Crippen MR) is 105 cm³/mol. The summed E-state index contributed by atoms with van der Waals surface area (Å²) >= 11 is 12.0. The maximum absolute atomic E-state index is 12.6. The molecule has 28 heavy (non-hydrogen) atoms. The number of H-pyrrole nitrogens is 1. The average molecular weight is 418 g/mol. The van der Waals surface area contributed by atoms with Crippen LogP contribution in [0.3, 0.4) is 0 Å². The minimum atomic E-state index is -0.452. The lowest BCUT2D eigenvalue weighted by Gasteiger charge is -2.09. The normalized spacial score (nSPS) is 11.1. The number of carbonyl (C=O) groups is 1. The van der Waals surface area contributed by atoms with Crippen molar-refractivity contribution in [1.82, 2.24) is 29.5 Å². The van der Waals surface area contributed by atoms with Crippen LogP contribution in [0.15, 0.2) is 35.3 Å². The Labute approximate surface area is 167 Å². The van der Waals surface area contributed by atoms with Crippen molar-refractivity contribution in [3.63, 3.8) is 0 Å². The van der Waals surface area contributed by atoms with Crippen LogP contribution in [0.2, 0.25) is 10.0 Å². The number of aryl methyl sites for hydroxylation is 2. The van der Waals surface area contributed by atoms with E-state index in [4.69, 9.17) is 23.2 Å². The molecule has 0 radical (unpaired) electrons. The van der Waals surface area contributed by atoms with Crippen molar-refractivity contribution < 1.29 is 4.79 Å². The van der Waals surface area contributed by atoms with Crippen molar-refractivity contribution in [3.05, 3.63) is 62.1 Å². The second kappa shape index (κ2) is 6.77. The zero-order valence-electron chi connectivity index (χ0n) is 14.7. The van der Waals surface area contributed by atoms with E-state index in [1.807, 2.05) is 0 Å². The second-order valence-corrected chi connectivity index (χ2v) is 6.90. The summed E-state index contributed by atoms with van der Waals surface area (Å²) in [4.78, 5) is 32.0. The maximum atomic E-state index is 12.6. The zero-order chi connectivity index (χ0) is 20.0. The number of rotatable bonds is 3. The molecule has 0 bridgehead atoms. The maximum Gasteiger partial charge on any atom is 0.263 e. The van der Waals surface area contributed by atoms with Gasteiger partial charge >= 0.3 is 0 Å². The van der Waals surface area contributed by atoms with E-state index >= 15 is 0 Å². The van der Waals surface area contributed by atoms with Crippen LogP contribution in [-0.2, 0) is 7.05 Å². The van der Waals surface area contributed by atoms with Gasteiger partial charge in [0.2, 0.25) is 5.95 Å². The first kappa shape index (κ1) is 18.2. The summed E-state index contributed by atoms with van der Waals surface area (Å²) in [5.41, 5.74) is 0.898. The van der Waals surface area contributed by atoms with Gasteiger partial charge in [-0.25, -0.2) is 0 Å². The van der Waals surface area contributed by atoms with Crippen molar-refractivity contribution in [2.75, 3.05) is 5.32 Å². The molecule has 1 aromatic carbocycles. The summed E-state index contributed by atoms with van der Waals surface area (Å²) in [6, 6.07) is 6.22. The fourth-order valence-corrected chi connectivity index (χ4v) is 3.22. The number of carbonyl (C=O) groups excluding carboxylic acids is 1. The SMILES string of the molecule is Cc1cc(NC(=O)c2ccc(Cl)cc2Cl)n(-c2nc3c(cnn3C)c(=O)[nH]2)n1. The van der Waals surface area contributed by atoms with Crippen LogP contribution in [0.25, 0.3) is 17.0 Å². The first-order valence-electron chi connectivity index (χ1n) is 8.09. The third-order valence-corrected chi connectivity index (χ3v) is 4.59. The first-order chi connectivity index (χ1) is 13.3. The number of aromatic amines is 1. The van der Waals surface area contributed by atoms with E-state index in [1.54, 1.807) is 26.1 Å². The quantitative estimate of drug-likeness (QED) is 0.532. The van der Waals surface area contributed by atoms with Crippen molar-refractivity contribution in [3.8, 4) is 5.95 Å². The highest BCUT2D eigenvalue weighted by Gasteiger charge is 2.17. The topological polar surface area (TPSA) is 110 Å². The van der Waals surface area contributed by atoms with E-state index in [-0.39, 0.29) is 22.1 Å². The second-order valence-electron chi connectivity index (χ2n) is 6.06. The number of nitrogens with one attached hydrogen (secondary N) is 2. The van der Waals surface area contributed by atoms with Crippen LogP contribution in [0.5, 0.6) is 0 Å². The van der Waals surface area contributed by atoms with Crippen LogP contribution in [0.1, 0.15) is 16.1 Å². The number of fused-ring (bicyclic) bond motifs is 1. The van der Waals surface area contributed by atoms with Crippen LogP contribution in [-0.4, -0.2) is 35.4 Å². The number of hydrogen-bond acceptors (Lipinski definition) is 5. The van der Waals surface area contributed by atoms with Gasteiger partial charge in [-0.15, -0.1) is 0 Å². The minimum Gasteiger partial charge on any atom is -0.306 e. The fourth-order valence-electron chi connectivity index (χ4n) is 2.73. The number of benzene rings is 1. The molecule has 11 heteroatoms. The van der Waals surface area contributed by atoms with Gasteiger partial charge in [-0.3, -0.25) is 19.3 Å². The van der Waals surface area contributed by atoms with Crippen LogP contribution >= 0.6 is 23.2 Å². The summed E-state index contributed by atoms with van der Waals surface area (Å²) in [6.07, 6.45) is 1.44. The molecule has 4 rings (SSSR count). The van der Waals surface area contributed by atoms with E-state index in [0.717, 1.165) is 0 Å². The van der Waals surface area contributed by atoms with Gasteiger partial charge in [-0.05, 0) is 25.1 Å². The number of amides is 1. The van der Waals surface area contributed by atoms with Gasteiger partial charge in [0.25, 0.3) is 11.5 Å². The molecule has 0 atom stereocenters. The van der Waals surface area contributed by atoms with Crippen LogP contribution < -0.4 is 10.9 Å². The highest BCUT2D eigenvalue weighted by atomic mass is 35.5. The number of anilines is 1. The molecular formula is C17H13Cl2N7O2. The fraction of sp³-hybridized carbons (Fsp3) is 0.118. The molecular weight excluding hydrogens is 405 g/mol. The average Bonchev–Trinajstić information content (AvgIpc) is 3.18. The van der Waals surface area contributed by atoms with Crippen molar-refractivity contribution in [2.45, 2.75) is 6.92 Å². The molecule has 0 saturated heterocycles. The Morgan fingerprint density at radius 2 is 2.04 bits per heavy atom. The zero-order valence-corrected chi connectivity index (χ0v) is 16.2. The Hall–Kier alpha value is -3.17. The Bertz CT molecular complexity index is 1290. The molecule has 0 aliphatic carbocycles. The van der Waals surface area contributed by atoms with Crippen LogP contribution in [0.4, 0.5) is 5.82 Å². The van der Waals surface area contributed by atoms with Gasteiger partial charge in [-0.2, -0.15) is 19.9 Å². The molecule has 3 aromatic heterocycles. The third-order valence-electron chi connectivity index (χ3n) is 4.04. The molecule has 142 valence electrons. The Kier molecular flexibility index (Phi) is 4.40. The predicted octanol–water partition coefficient (Wildman–Crippen LogP) is 2.71. The molecule has 0 aliphatic rings. The highest BCUT2D eigenvalue weighted by molar-refractivity contribution is 6.37. The monoisotopic (exact) mass is 417 g/mol. The molecule has 0 unspecified atom stereocenters. The summed E-state index contributed by atoms with van der Waals surface area (Å²) in [7, 11) is 1.68. The van der Waals surface area contributed by atoms with Crippen LogP contribution in [0, 0.1) is 6.92 Å². The Balaban J connectivity index is 1.76. The third kappa shape index (κ3) is 3.14. The summed E-state index contributed by atoms with van der Waals surface area (Å²) < 4.78 is 2.82. The lowest BCUT2D eigenvalue weighted by molar-refractivity contribution is 0.102. The number of nitrogens with zero attached hydrogens (tertiary/aromatic N) is 5. The summed E-state index contributed by atoms with van der Waals surface area (Å²) in [5.74, 6) is 0.0108. The lowest BCUT2D eigenvalue weighted by Crippen LogP contribution is -2.19. The van der Waals surface area contributed by atoms with Crippen molar-refractivity contribution >= 4 is 46.0 Å². The molecule has 9 nitrogen and oxygen atoms in total. The molecule has 0 aliphatic heterocycles.